The Kier molecular flexibility index (Phi) is 3.10. The fourth-order valence-electron chi connectivity index (χ4n) is 1.94. The molecule has 1 atom stereocenters. The Labute approximate surface area is 94.9 Å². The average molecular weight is 220 g/mol. The number of hydrogen-bond acceptors (Lipinski definition) is 3. The van der Waals surface area contributed by atoms with Crippen LogP contribution in [-0.4, -0.2) is 42.1 Å². The third-order valence-electron chi connectivity index (χ3n) is 3.02. The summed E-state index contributed by atoms with van der Waals surface area (Å²) in [6.45, 7) is 1.83. The van der Waals surface area contributed by atoms with Crippen molar-refractivity contribution in [1.82, 2.24) is 10.2 Å². The molecule has 1 fully saturated rings. The van der Waals surface area contributed by atoms with E-state index in [1.807, 2.05) is 7.05 Å². The van der Waals surface area contributed by atoms with Gasteiger partial charge in [-0.1, -0.05) is 0 Å². The first kappa shape index (κ1) is 11.0. The lowest BCUT2D eigenvalue weighted by molar-refractivity contribution is 0.0744. The second kappa shape index (κ2) is 4.53. The van der Waals surface area contributed by atoms with Gasteiger partial charge in [0, 0.05) is 25.2 Å². The molecule has 1 amide bonds. The van der Waals surface area contributed by atoms with E-state index in [0.717, 1.165) is 19.5 Å². The first-order valence-electron chi connectivity index (χ1n) is 5.45. The van der Waals surface area contributed by atoms with Gasteiger partial charge >= 0.3 is 0 Å². The molecule has 0 saturated carbocycles. The van der Waals surface area contributed by atoms with Crippen molar-refractivity contribution in [3.05, 3.63) is 29.8 Å². The highest BCUT2D eigenvalue weighted by Crippen LogP contribution is 2.14. The van der Waals surface area contributed by atoms with Crippen LogP contribution in [0.5, 0.6) is 5.75 Å². The van der Waals surface area contributed by atoms with Gasteiger partial charge in [-0.3, -0.25) is 4.79 Å². The van der Waals surface area contributed by atoms with Crippen LogP contribution in [0, 0.1) is 0 Å². The summed E-state index contributed by atoms with van der Waals surface area (Å²) in [6, 6.07) is 6.65. The molecular formula is C12H16N2O2. The molecule has 1 heterocycles. The Balaban J connectivity index is 2.08. The Morgan fingerprint density at radius 3 is 2.69 bits per heavy atom. The van der Waals surface area contributed by atoms with E-state index in [9.17, 15) is 4.79 Å². The normalized spacial score (nSPS) is 19.7. The third kappa shape index (κ3) is 2.17. The monoisotopic (exact) mass is 220 g/mol. The minimum Gasteiger partial charge on any atom is -0.508 e. The highest BCUT2D eigenvalue weighted by atomic mass is 16.3. The summed E-state index contributed by atoms with van der Waals surface area (Å²) in [5.41, 5.74) is 0.618. The van der Waals surface area contributed by atoms with E-state index < -0.39 is 0 Å². The highest BCUT2D eigenvalue weighted by Gasteiger charge is 2.23. The van der Waals surface area contributed by atoms with Gasteiger partial charge in [0.2, 0.25) is 0 Å². The van der Waals surface area contributed by atoms with Gasteiger partial charge < -0.3 is 15.3 Å². The molecular weight excluding hydrogens is 204 g/mol. The Bertz CT molecular complexity index is 369. The van der Waals surface area contributed by atoms with Crippen molar-refractivity contribution in [2.45, 2.75) is 12.5 Å². The first-order valence-corrected chi connectivity index (χ1v) is 5.45. The summed E-state index contributed by atoms with van der Waals surface area (Å²) >= 11 is 0. The summed E-state index contributed by atoms with van der Waals surface area (Å²) in [5.74, 6) is 0.190. The van der Waals surface area contributed by atoms with Gasteiger partial charge in [-0.05, 0) is 37.2 Å². The molecule has 0 aliphatic carbocycles. The van der Waals surface area contributed by atoms with Gasteiger partial charge in [-0.25, -0.2) is 0 Å². The summed E-state index contributed by atoms with van der Waals surface area (Å²) in [4.78, 5) is 13.8. The second-order valence-electron chi connectivity index (χ2n) is 4.11. The molecule has 4 heteroatoms. The lowest BCUT2D eigenvalue weighted by Gasteiger charge is -2.23. The fourth-order valence-corrected chi connectivity index (χ4v) is 1.94. The molecule has 0 unspecified atom stereocenters. The molecule has 2 rings (SSSR count). The quantitative estimate of drug-likeness (QED) is 0.776. The molecule has 0 spiro atoms. The molecule has 1 aromatic rings. The zero-order valence-electron chi connectivity index (χ0n) is 9.31. The zero-order chi connectivity index (χ0) is 11.5. The largest absolute Gasteiger partial charge is 0.508 e. The number of benzene rings is 1. The van der Waals surface area contributed by atoms with E-state index in [-0.39, 0.29) is 17.7 Å². The predicted molar refractivity (Wildman–Crippen MR) is 61.5 cm³/mol. The summed E-state index contributed by atoms with van der Waals surface area (Å²) in [7, 11) is 1.83. The Morgan fingerprint density at radius 1 is 1.44 bits per heavy atom. The van der Waals surface area contributed by atoms with Crippen molar-refractivity contribution in [3.8, 4) is 5.75 Å². The molecule has 1 aliphatic rings. The predicted octanol–water partition coefficient (Wildman–Crippen LogP) is 0.826. The molecule has 4 nitrogen and oxygen atoms in total. The standard InChI is InChI=1S/C12H16N2O2/c1-14(10-6-7-13-8-10)12(16)9-2-4-11(15)5-3-9/h2-5,10,13,15H,6-8H2,1H3/t10-/m1/s1. The van der Waals surface area contributed by atoms with Crippen LogP contribution in [0.1, 0.15) is 16.8 Å². The summed E-state index contributed by atoms with van der Waals surface area (Å²) in [6.07, 6.45) is 1.00. The van der Waals surface area contributed by atoms with Crippen LogP contribution in [0.3, 0.4) is 0 Å². The molecule has 1 saturated heterocycles. The number of phenols is 1. The summed E-state index contributed by atoms with van der Waals surface area (Å²) in [5, 5.41) is 12.4. The van der Waals surface area contributed by atoms with Gasteiger partial charge in [-0.2, -0.15) is 0 Å². The SMILES string of the molecule is CN(C(=O)c1ccc(O)cc1)[C@@H]1CCNC1. The van der Waals surface area contributed by atoms with Crippen molar-refractivity contribution >= 4 is 5.91 Å². The average Bonchev–Trinajstić information content (AvgIpc) is 2.81. The van der Waals surface area contributed by atoms with Crippen molar-refractivity contribution in [3.63, 3.8) is 0 Å². The molecule has 1 aromatic carbocycles. The molecule has 2 N–H and O–H groups in total. The van der Waals surface area contributed by atoms with Crippen molar-refractivity contribution < 1.29 is 9.90 Å². The van der Waals surface area contributed by atoms with Crippen LogP contribution in [0.15, 0.2) is 24.3 Å². The van der Waals surface area contributed by atoms with E-state index in [4.69, 9.17) is 5.11 Å². The van der Waals surface area contributed by atoms with Crippen LogP contribution in [0.25, 0.3) is 0 Å². The molecule has 1 aliphatic heterocycles. The molecule has 16 heavy (non-hydrogen) atoms. The molecule has 0 aromatic heterocycles. The number of likely N-dealkylation sites (N-methyl/N-ethyl adjacent to an activating group) is 1. The zero-order valence-corrected chi connectivity index (χ0v) is 9.31. The maximum Gasteiger partial charge on any atom is 0.253 e. The molecule has 0 radical (unpaired) electrons. The van der Waals surface area contributed by atoms with Crippen LogP contribution < -0.4 is 5.32 Å². The maximum atomic E-state index is 12.1. The van der Waals surface area contributed by atoms with Crippen LogP contribution in [-0.2, 0) is 0 Å². The van der Waals surface area contributed by atoms with Crippen LogP contribution >= 0.6 is 0 Å². The van der Waals surface area contributed by atoms with Gasteiger partial charge in [0.1, 0.15) is 5.75 Å². The number of hydrogen-bond donors (Lipinski definition) is 2. The third-order valence-corrected chi connectivity index (χ3v) is 3.02. The minimum absolute atomic E-state index is 0.00806. The number of nitrogens with one attached hydrogen (secondary N) is 1. The molecule has 86 valence electrons. The highest BCUT2D eigenvalue weighted by molar-refractivity contribution is 5.94. The lowest BCUT2D eigenvalue weighted by atomic mass is 10.1. The topological polar surface area (TPSA) is 52.6 Å². The number of carbonyl (C=O) groups excluding carboxylic acids is 1. The number of phenolic OH excluding ortho intramolecular Hbond substituents is 1. The Hall–Kier alpha value is -1.55. The van der Waals surface area contributed by atoms with Crippen molar-refractivity contribution in [1.29, 1.82) is 0 Å². The van der Waals surface area contributed by atoms with E-state index in [1.165, 1.54) is 12.1 Å². The van der Waals surface area contributed by atoms with E-state index in [0.29, 0.717) is 5.56 Å². The number of amides is 1. The first-order chi connectivity index (χ1) is 7.68. The number of nitrogens with zero attached hydrogens (tertiary/aromatic N) is 1. The smallest absolute Gasteiger partial charge is 0.253 e. The van der Waals surface area contributed by atoms with Gasteiger partial charge in [0.05, 0.1) is 0 Å². The van der Waals surface area contributed by atoms with Gasteiger partial charge in [0.15, 0.2) is 0 Å². The van der Waals surface area contributed by atoms with Crippen molar-refractivity contribution in [2.75, 3.05) is 20.1 Å². The van der Waals surface area contributed by atoms with Crippen LogP contribution in [0.4, 0.5) is 0 Å². The minimum atomic E-state index is 0.00806. The Morgan fingerprint density at radius 2 is 2.12 bits per heavy atom. The van der Waals surface area contributed by atoms with E-state index >= 15 is 0 Å². The second-order valence-corrected chi connectivity index (χ2v) is 4.11. The van der Waals surface area contributed by atoms with E-state index in [1.54, 1.807) is 17.0 Å². The van der Waals surface area contributed by atoms with Crippen LogP contribution in [0.2, 0.25) is 0 Å². The fraction of sp³-hybridized carbons (Fsp3) is 0.417. The van der Waals surface area contributed by atoms with Gasteiger partial charge in [-0.15, -0.1) is 0 Å². The number of carbonyl (C=O) groups is 1. The maximum absolute atomic E-state index is 12.1. The van der Waals surface area contributed by atoms with Crippen molar-refractivity contribution in [2.24, 2.45) is 0 Å². The lowest BCUT2D eigenvalue weighted by Crippen LogP contribution is -2.38. The number of aromatic hydroxyl groups is 1. The summed E-state index contributed by atoms with van der Waals surface area (Å²) < 4.78 is 0. The number of rotatable bonds is 2. The van der Waals surface area contributed by atoms with E-state index in [2.05, 4.69) is 5.32 Å². The molecule has 0 bridgehead atoms. The van der Waals surface area contributed by atoms with Gasteiger partial charge in [0.25, 0.3) is 5.91 Å².